The number of hydrogen-bond donors (Lipinski definition) is 0. The molecule has 0 aliphatic rings. The molecule has 0 aliphatic heterocycles. The first-order chi connectivity index (χ1) is 7.17. The smallest absolute Gasteiger partial charge is 0.0917 e. The van der Waals surface area contributed by atoms with E-state index in [1.165, 1.54) is 38.5 Å². The van der Waals surface area contributed by atoms with Crippen LogP contribution in [-0.2, 0) is 4.74 Å². The third-order valence-electron chi connectivity index (χ3n) is 3.23. The SMILES string of the molecule is C=C(OC)C(CCC)C(C)CCCCC. The van der Waals surface area contributed by atoms with Crippen molar-refractivity contribution in [3.8, 4) is 0 Å². The molecule has 0 saturated carbocycles. The summed E-state index contributed by atoms with van der Waals surface area (Å²) in [4.78, 5) is 0. The fraction of sp³-hybridized carbons (Fsp3) is 0.857. The molecule has 0 aromatic rings. The van der Waals surface area contributed by atoms with Crippen LogP contribution in [0.15, 0.2) is 12.3 Å². The van der Waals surface area contributed by atoms with E-state index >= 15 is 0 Å². The summed E-state index contributed by atoms with van der Waals surface area (Å²) >= 11 is 0. The molecule has 2 atom stereocenters. The lowest BCUT2D eigenvalue weighted by Gasteiger charge is -2.24. The predicted octanol–water partition coefficient (Wildman–Crippen LogP) is 4.78. The van der Waals surface area contributed by atoms with E-state index in [0.717, 1.165) is 5.76 Å². The highest BCUT2D eigenvalue weighted by molar-refractivity contribution is 4.93. The van der Waals surface area contributed by atoms with E-state index in [4.69, 9.17) is 4.74 Å². The van der Waals surface area contributed by atoms with Gasteiger partial charge >= 0.3 is 0 Å². The van der Waals surface area contributed by atoms with Gasteiger partial charge in [0.25, 0.3) is 0 Å². The van der Waals surface area contributed by atoms with E-state index in [-0.39, 0.29) is 0 Å². The predicted molar refractivity (Wildman–Crippen MR) is 67.9 cm³/mol. The maximum Gasteiger partial charge on any atom is 0.0917 e. The first-order valence-corrected chi connectivity index (χ1v) is 6.40. The molecule has 0 bridgehead atoms. The Bertz CT molecular complexity index is 163. The minimum atomic E-state index is 0.553. The van der Waals surface area contributed by atoms with Crippen LogP contribution in [0.5, 0.6) is 0 Å². The van der Waals surface area contributed by atoms with Crippen molar-refractivity contribution in [1.82, 2.24) is 0 Å². The van der Waals surface area contributed by atoms with Gasteiger partial charge in [-0.3, -0.25) is 0 Å². The average Bonchev–Trinajstić information content (AvgIpc) is 2.25. The van der Waals surface area contributed by atoms with Crippen LogP contribution in [0, 0.1) is 11.8 Å². The molecule has 2 unspecified atom stereocenters. The van der Waals surface area contributed by atoms with E-state index < -0.39 is 0 Å². The van der Waals surface area contributed by atoms with Gasteiger partial charge in [-0.1, -0.05) is 59.5 Å². The summed E-state index contributed by atoms with van der Waals surface area (Å²) in [5, 5.41) is 0. The lowest BCUT2D eigenvalue weighted by Crippen LogP contribution is -2.15. The maximum absolute atomic E-state index is 5.30. The van der Waals surface area contributed by atoms with Gasteiger partial charge in [-0.25, -0.2) is 0 Å². The topological polar surface area (TPSA) is 9.23 Å². The molecule has 0 radical (unpaired) electrons. The van der Waals surface area contributed by atoms with Crippen molar-refractivity contribution in [3.05, 3.63) is 12.3 Å². The third kappa shape index (κ3) is 5.86. The summed E-state index contributed by atoms with van der Waals surface area (Å²) < 4.78 is 5.30. The second kappa shape index (κ2) is 8.82. The van der Waals surface area contributed by atoms with E-state index in [9.17, 15) is 0 Å². The molecule has 0 aromatic carbocycles. The van der Waals surface area contributed by atoms with Crippen LogP contribution in [0.3, 0.4) is 0 Å². The quantitative estimate of drug-likeness (QED) is 0.395. The molecule has 1 heteroatoms. The zero-order valence-corrected chi connectivity index (χ0v) is 11.0. The molecule has 0 amide bonds. The van der Waals surface area contributed by atoms with Gasteiger partial charge in [0.15, 0.2) is 0 Å². The van der Waals surface area contributed by atoms with E-state index in [2.05, 4.69) is 27.4 Å². The van der Waals surface area contributed by atoms with Crippen molar-refractivity contribution in [3.63, 3.8) is 0 Å². The van der Waals surface area contributed by atoms with E-state index in [1.54, 1.807) is 7.11 Å². The van der Waals surface area contributed by atoms with E-state index in [1.807, 2.05) is 0 Å². The Morgan fingerprint density at radius 3 is 2.27 bits per heavy atom. The van der Waals surface area contributed by atoms with Crippen molar-refractivity contribution < 1.29 is 4.74 Å². The lowest BCUT2D eigenvalue weighted by atomic mass is 9.85. The summed E-state index contributed by atoms with van der Waals surface area (Å²) in [6.45, 7) is 10.8. The standard InChI is InChI=1S/C14H28O/c1-6-8-9-11-12(3)14(10-7-2)13(4)15-5/h12,14H,4,6-11H2,1-3,5H3. The normalized spacial score (nSPS) is 14.7. The fourth-order valence-electron chi connectivity index (χ4n) is 2.14. The molecule has 90 valence electrons. The molecule has 0 heterocycles. The summed E-state index contributed by atoms with van der Waals surface area (Å²) in [5.74, 6) is 2.24. The Labute approximate surface area is 95.9 Å². The molecular formula is C14H28O. The zero-order chi connectivity index (χ0) is 11.7. The molecule has 0 saturated heterocycles. The van der Waals surface area contributed by atoms with Gasteiger partial charge in [-0.05, 0) is 12.3 Å². The largest absolute Gasteiger partial charge is 0.501 e. The van der Waals surface area contributed by atoms with Crippen LogP contribution >= 0.6 is 0 Å². The Morgan fingerprint density at radius 1 is 1.13 bits per heavy atom. The minimum Gasteiger partial charge on any atom is -0.501 e. The third-order valence-corrected chi connectivity index (χ3v) is 3.23. The summed E-state index contributed by atoms with van der Waals surface area (Å²) in [5.41, 5.74) is 0. The summed E-state index contributed by atoms with van der Waals surface area (Å²) in [6.07, 6.45) is 7.72. The lowest BCUT2D eigenvalue weighted by molar-refractivity contribution is 0.196. The van der Waals surface area contributed by atoms with Crippen LogP contribution in [0.4, 0.5) is 0 Å². The molecule has 0 aliphatic carbocycles. The highest BCUT2D eigenvalue weighted by atomic mass is 16.5. The van der Waals surface area contributed by atoms with Gasteiger partial charge in [-0.2, -0.15) is 0 Å². The van der Waals surface area contributed by atoms with Crippen molar-refractivity contribution in [2.45, 2.75) is 59.3 Å². The highest BCUT2D eigenvalue weighted by Gasteiger charge is 2.19. The molecule has 1 nitrogen and oxygen atoms in total. The van der Waals surface area contributed by atoms with Gasteiger partial charge in [0, 0.05) is 5.92 Å². The Balaban J connectivity index is 4.03. The molecule has 0 rings (SSSR count). The Hall–Kier alpha value is -0.460. The summed E-state index contributed by atoms with van der Waals surface area (Å²) in [7, 11) is 1.74. The fourth-order valence-corrected chi connectivity index (χ4v) is 2.14. The number of allylic oxidation sites excluding steroid dienone is 1. The first kappa shape index (κ1) is 14.5. The number of methoxy groups -OCH3 is 1. The Kier molecular flexibility index (Phi) is 8.55. The second-order valence-electron chi connectivity index (χ2n) is 4.54. The van der Waals surface area contributed by atoms with Crippen molar-refractivity contribution in [1.29, 1.82) is 0 Å². The number of rotatable bonds is 9. The van der Waals surface area contributed by atoms with Crippen molar-refractivity contribution >= 4 is 0 Å². The zero-order valence-electron chi connectivity index (χ0n) is 11.0. The maximum atomic E-state index is 5.30. The van der Waals surface area contributed by atoms with Crippen molar-refractivity contribution in [2.75, 3.05) is 7.11 Å². The van der Waals surface area contributed by atoms with Crippen molar-refractivity contribution in [2.24, 2.45) is 11.8 Å². The number of unbranched alkanes of at least 4 members (excludes halogenated alkanes) is 2. The summed E-state index contributed by atoms with van der Waals surface area (Å²) in [6, 6.07) is 0. The number of ether oxygens (including phenoxy) is 1. The first-order valence-electron chi connectivity index (χ1n) is 6.40. The molecule has 0 fully saturated rings. The van der Waals surface area contributed by atoms with Gasteiger partial charge < -0.3 is 4.74 Å². The van der Waals surface area contributed by atoms with E-state index in [0.29, 0.717) is 11.8 Å². The van der Waals surface area contributed by atoms with Gasteiger partial charge in [0.1, 0.15) is 0 Å². The average molecular weight is 212 g/mol. The monoisotopic (exact) mass is 212 g/mol. The van der Waals surface area contributed by atoms with Crippen LogP contribution in [0.2, 0.25) is 0 Å². The van der Waals surface area contributed by atoms with Crippen LogP contribution in [-0.4, -0.2) is 7.11 Å². The van der Waals surface area contributed by atoms with Gasteiger partial charge in [-0.15, -0.1) is 0 Å². The van der Waals surface area contributed by atoms with Crippen LogP contribution < -0.4 is 0 Å². The Morgan fingerprint density at radius 2 is 1.80 bits per heavy atom. The molecular weight excluding hydrogens is 184 g/mol. The van der Waals surface area contributed by atoms with Crippen LogP contribution in [0.25, 0.3) is 0 Å². The minimum absolute atomic E-state index is 0.553. The molecule has 15 heavy (non-hydrogen) atoms. The highest BCUT2D eigenvalue weighted by Crippen LogP contribution is 2.28. The molecule has 0 aromatic heterocycles. The number of hydrogen-bond acceptors (Lipinski definition) is 1. The van der Waals surface area contributed by atoms with Gasteiger partial charge in [0.05, 0.1) is 12.9 Å². The second-order valence-corrected chi connectivity index (χ2v) is 4.54. The molecule has 0 spiro atoms. The van der Waals surface area contributed by atoms with Crippen LogP contribution in [0.1, 0.15) is 59.3 Å². The van der Waals surface area contributed by atoms with Gasteiger partial charge in [0.2, 0.25) is 0 Å². The molecule has 0 N–H and O–H groups in total.